The van der Waals surface area contributed by atoms with E-state index in [1.807, 2.05) is 23.9 Å². The molecule has 0 aliphatic heterocycles. The van der Waals surface area contributed by atoms with E-state index in [4.69, 9.17) is 10.5 Å². The predicted molar refractivity (Wildman–Crippen MR) is 133 cm³/mol. The Labute approximate surface area is 208 Å². The van der Waals surface area contributed by atoms with Gasteiger partial charge in [0.1, 0.15) is 17.5 Å². The van der Waals surface area contributed by atoms with Gasteiger partial charge in [0, 0.05) is 37.9 Å². The summed E-state index contributed by atoms with van der Waals surface area (Å²) in [6.45, 7) is 0. The summed E-state index contributed by atoms with van der Waals surface area (Å²) in [5, 5.41) is 2.57. The topological polar surface area (TPSA) is 125 Å². The molecular formula is C25H19FN6O3S. The standard InChI is InChI=1S/C25H19FN6O3S/c1-32-10-9-30-24(32)20-12-17-22(36-20)19(6-8-29-17)35-18-5-4-14(11-16(18)26)21(23(27)33)25(34)31-15-3-2-7-28-13-15/h2-13,21H,1H3,(H2,27,33)(H,31,34). The van der Waals surface area contributed by atoms with E-state index in [0.29, 0.717) is 17.0 Å². The first-order valence-electron chi connectivity index (χ1n) is 10.7. The van der Waals surface area contributed by atoms with E-state index < -0.39 is 23.5 Å². The van der Waals surface area contributed by atoms with E-state index in [-0.39, 0.29) is 11.3 Å². The number of ether oxygens (including phenoxy) is 1. The van der Waals surface area contributed by atoms with Crippen molar-refractivity contribution in [1.29, 1.82) is 0 Å². The fourth-order valence-corrected chi connectivity index (χ4v) is 4.81. The number of pyridine rings is 2. The Hall–Kier alpha value is -4.64. The summed E-state index contributed by atoms with van der Waals surface area (Å²) in [7, 11) is 1.89. The number of fused-ring (bicyclic) bond motifs is 1. The molecule has 9 nitrogen and oxygen atoms in total. The van der Waals surface area contributed by atoms with Gasteiger partial charge in [-0.15, -0.1) is 11.3 Å². The van der Waals surface area contributed by atoms with Gasteiger partial charge >= 0.3 is 0 Å². The lowest BCUT2D eigenvalue weighted by molar-refractivity contribution is -0.127. The summed E-state index contributed by atoms with van der Waals surface area (Å²) in [5.41, 5.74) is 6.64. The highest BCUT2D eigenvalue weighted by atomic mass is 32.1. The molecule has 0 fully saturated rings. The molecule has 5 aromatic rings. The number of imidazole rings is 1. The van der Waals surface area contributed by atoms with Crippen LogP contribution in [0.4, 0.5) is 10.1 Å². The summed E-state index contributed by atoms with van der Waals surface area (Å²) >= 11 is 1.43. The minimum Gasteiger partial charge on any atom is -0.453 e. The molecule has 5 rings (SSSR count). The van der Waals surface area contributed by atoms with E-state index in [1.165, 1.54) is 29.7 Å². The van der Waals surface area contributed by atoms with Crippen LogP contribution in [0.1, 0.15) is 11.5 Å². The van der Waals surface area contributed by atoms with Crippen LogP contribution in [-0.4, -0.2) is 31.3 Å². The second-order valence-electron chi connectivity index (χ2n) is 7.85. The van der Waals surface area contributed by atoms with Crippen LogP contribution in [0.5, 0.6) is 11.5 Å². The van der Waals surface area contributed by atoms with Crippen molar-refractivity contribution in [2.45, 2.75) is 5.92 Å². The number of nitrogens with two attached hydrogens (primary N) is 1. The molecule has 0 radical (unpaired) electrons. The molecule has 3 N–H and O–H groups in total. The SMILES string of the molecule is Cn1ccnc1-c1cc2nccc(Oc3ccc(C(C(N)=O)C(=O)Nc4cccnc4)cc3F)c2s1. The summed E-state index contributed by atoms with van der Waals surface area (Å²) in [4.78, 5) is 38.3. The zero-order valence-electron chi connectivity index (χ0n) is 18.9. The largest absolute Gasteiger partial charge is 0.453 e. The van der Waals surface area contributed by atoms with Crippen molar-refractivity contribution in [2.75, 3.05) is 5.32 Å². The van der Waals surface area contributed by atoms with Crippen LogP contribution in [0.2, 0.25) is 0 Å². The molecule has 2 amide bonds. The first-order valence-corrected chi connectivity index (χ1v) is 11.6. The van der Waals surface area contributed by atoms with Gasteiger partial charge in [0.05, 0.1) is 27.0 Å². The van der Waals surface area contributed by atoms with Gasteiger partial charge < -0.3 is 20.4 Å². The highest BCUT2D eigenvalue weighted by molar-refractivity contribution is 7.22. The predicted octanol–water partition coefficient (Wildman–Crippen LogP) is 4.23. The third kappa shape index (κ3) is 4.51. The number of nitrogens with zero attached hydrogens (tertiary/aromatic N) is 4. The van der Waals surface area contributed by atoms with Crippen LogP contribution in [0.3, 0.4) is 0 Å². The Bertz CT molecular complexity index is 1580. The maximum Gasteiger partial charge on any atom is 0.241 e. The number of aromatic nitrogens is 4. The average Bonchev–Trinajstić information content (AvgIpc) is 3.47. The number of carbonyl (C=O) groups excluding carboxylic acids is 2. The molecule has 0 bridgehead atoms. The fourth-order valence-electron chi connectivity index (χ4n) is 3.70. The van der Waals surface area contributed by atoms with Crippen molar-refractivity contribution < 1.29 is 18.7 Å². The molecule has 0 aliphatic carbocycles. The monoisotopic (exact) mass is 502 g/mol. The molecule has 4 aromatic heterocycles. The van der Waals surface area contributed by atoms with Crippen molar-refractivity contribution in [1.82, 2.24) is 19.5 Å². The highest BCUT2D eigenvalue weighted by Crippen LogP contribution is 2.39. The van der Waals surface area contributed by atoms with Crippen molar-refractivity contribution in [3.8, 4) is 22.2 Å². The zero-order chi connectivity index (χ0) is 25.2. The number of hydrogen-bond donors (Lipinski definition) is 2. The lowest BCUT2D eigenvalue weighted by Crippen LogP contribution is -2.32. The van der Waals surface area contributed by atoms with Crippen LogP contribution < -0.4 is 15.8 Å². The Morgan fingerprint density at radius 1 is 1.11 bits per heavy atom. The summed E-state index contributed by atoms with van der Waals surface area (Å²) in [6.07, 6.45) is 8.09. The number of rotatable bonds is 7. The third-order valence-electron chi connectivity index (χ3n) is 5.40. The lowest BCUT2D eigenvalue weighted by Gasteiger charge is -2.15. The third-order valence-corrected chi connectivity index (χ3v) is 6.54. The smallest absolute Gasteiger partial charge is 0.241 e. The van der Waals surface area contributed by atoms with Gasteiger partial charge in [-0.1, -0.05) is 6.07 Å². The Kier molecular flexibility index (Phi) is 6.13. The summed E-state index contributed by atoms with van der Waals surface area (Å²) in [5.74, 6) is -2.65. The highest BCUT2D eigenvalue weighted by Gasteiger charge is 2.28. The second kappa shape index (κ2) is 9.55. The molecule has 11 heteroatoms. The van der Waals surface area contributed by atoms with Gasteiger partial charge in [-0.25, -0.2) is 9.37 Å². The molecule has 4 heterocycles. The van der Waals surface area contributed by atoms with Crippen LogP contribution in [0.15, 0.2) is 73.4 Å². The van der Waals surface area contributed by atoms with E-state index >= 15 is 4.39 Å². The van der Waals surface area contributed by atoms with Crippen molar-refractivity contribution in [2.24, 2.45) is 12.8 Å². The number of benzene rings is 1. The van der Waals surface area contributed by atoms with Gasteiger partial charge in [0.2, 0.25) is 11.8 Å². The van der Waals surface area contributed by atoms with Crippen molar-refractivity contribution in [3.63, 3.8) is 0 Å². The van der Waals surface area contributed by atoms with E-state index in [9.17, 15) is 9.59 Å². The Morgan fingerprint density at radius 2 is 1.97 bits per heavy atom. The Morgan fingerprint density at radius 3 is 2.67 bits per heavy atom. The summed E-state index contributed by atoms with van der Waals surface area (Å²) in [6, 6.07) is 10.6. The second-order valence-corrected chi connectivity index (χ2v) is 8.91. The molecule has 1 atom stereocenters. The normalized spacial score (nSPS) is 11.8. The minimum atomic E-state index is -1.40. The lowest BCUT2D eigenvalue weighted by atomic mass is 9.97. The molecule has 1 unspecified atom stereocenters. The molecule has 1 aromatic carbocycles. The number of halogens is 1. The molecule has 0 aliphatic rings. The minimum absolute atomic E-state index is 0.0749. The van der Waals surface area contributed by atoms with E-state index in [1.54, 1.807) is 36.8 Å². The molecule has 180 valence electrons. The van der Waals surface area contributed by atoms with E-state index in [0.717, 1.165) is 21.5 Å². The number of thiophene rings is 1. The number of hydrogen-bond acceptors (Lipinski definition) is 7. The average molecular weight is 503 g/mol. The number of carbonyl (C=O) groups is 2. The van der Waals surface area contributed by atoms with E-state index in [2.05, 4.69) is 20.3 Å². The van der Waals surface area contributed by atoms with Gasteiger partial charge in [0.25, 0.3) is 0 Å². The van der Waals surface area contributed by atoms with Crippen LogP contribution in [0.25, 0.3) is 20.9 Å². The first-order chi connectivity index (χ1) is 17.4. The molecule has 0 spiro atoms. The van der Waals surface area contributed by atoms with Crippen molar-refractivity contribution in [3.05, 3.63) is 84.8 Å². The summed E-state index contributed by atoms with van der Waals surface area (Å²) < 4.78 is 23.6. The van der Waals surface area contributed by atoms with Crippen LogP contribution in [0, 0.1) is 5.82 Å². The fraction of sp³-hybridized carbons (Fsp3) is 0.0800. The maximum absolute atomic E-state index is 15.1. The zero-order valence-corrected chi connectivity index (χ0v) is 19.7. The molecule has 0 saturated carbocycles. The maximum atomic E-state index is 15.1. The number of aryl methyl sites for hydroxylation is 1. The first kappa shape index (κ1) is 23.1. The van der Waals surface area contributed by atoms with Gasteiger partial charge in [-0.2, -0.15) is 0 Å². The molecule has 0 saturated heterocycles. The number of primary amides is 1. The number of anilines is 1. The quantitative estimate of drug-likeness (QED) is 0.321. The van der Waals surface area contributed by atoms with Crippen molar-refractivity contribution >= 4 is 39.1 Å². The van der Waals surface area contributed by atoms with Gasteiger partial charge in [-0.3, -0.25) is 19.6 Å². The number of nitrogens with one attached hydrogen (secondary N) is 1. The molecule has 36 heavy (non-hydrogen) atoms. The van der Waals surface area contributed by atoms with Crippen LogP contribution >= 0.6 is 11.3 Å². The van der Waals surface area contributed by atoms with Gasteiger partial charge in [-0.05, 0) is 35.9 Å². The van der Waals surface area contributed by atoms with Gasteiger partial charge in [0.15, 0.2) is 11.6 Å². The Balaban J connectivity index is 1.42. The number of amides is 2. The van der Waals surface area contributed by atoms with Crippen LogP contribution in [-0.2, 0) is 16.6 Å². The molecular weight excluding hydrogens is 483 g/mol.